The molecular weight excluding hydrogens is 384 g/mol. The summed E-state index contributed by atoms with van der Waals surface area (Å²) in [6.07, 6.45) is 0. The fourth-order valence-corrected chi connectivity index (χ4v) is 3.69. The van der Waals surface area contributed by atoms with Crippen molar-refractivity contribution in [1.82, 2.24) is 19.9 Å². The Bertz CT molecular complexity index is 1110. The zero-order valence-corrected chi connectivity index (χ0v) is 17.3. The van der Waals surface area contributed by atoms with Crippen LogP contribution in [0.5, 0.6) is 5.75 Å². The number of phenolic OH excluding ortho intramolecular Hbond substituents is 1. The van der Waals surface area contributed by atoms with E-state index in [0.717, 1.165) is 5.69 Å². The van der Waals surface area contributed by atoms with Crippen molar-refractivity contribution in [2.45, 2.75) is 26.7 Å². The number of pyridine rings is 1. The molecule has 0 aliphatic carbocycles. The van der Waals surface area contributed by atoms with Gasteiger partial charge in [0.2, 0.25) is 0 Å². The molecule has 0 radical (unpaired) electrons. The van der Waals surface area contributed by atoms with E-state index in [9.17, 15) is 14.7 Å². The highest BCUT2D eigenvalue weighted by Gasteiger charge is 2.29. The second-order valence-corrected chi connectivity index (χ2v) is 7.80. The Morgan fingerprint density at radius 1 is 1.03 bits per heavy atom. The van der Waals surface area contributed by atoms with Gasteiger partial charge >= 0.3 is 0 Å². The maximum absolute atomic E-state index is 13.3. The van der Waals surface area contributed by atoms with Crippen molar-refractivity contribution in [3.63, 3.8) is 0 Å². The van der Waals surface area contributed by atoms with Crippen LogP contribution in [0, 0.1) is 6.92 Å². The first kappa shape index (κ1) is 19.9. The molecule has 3 heterocycles. The first-order valence-corrected chi connectivity index (χ1v) is 10.00. The van der Waals surface area contributed by atoms with Crippen molar-refractivity contribution in [3.05, 3.63) is 52.8 Å². The Kier molecular flexibility index (Phi) is 5.15. The average molecular weight is 408 g/mol. The van der Waals surface area contributed by atoms with Crippen molar-refractivity contribution < 1.29 is 19.2 Å². The van der Waals surface area contributed by atoms with Gasteiger partial charge in [-0.25, -0.2) is 4.98 Å². The zero-order valence-electron chi connectivity index (χ0n) is 17.3. The second-order valence-electron chi connectivity index (χ2n) is 7.80. The summed E-state index contributed by atoms with van der Waals surface area (Å²) in [4.78, 5) is 33.9. The first-order chi connectivity index (χ1) is 14.4. The lowest BCUT2D eigenvalue weighted by molar-refractivity contribution is 0.0534. The van der Waals surface area contributed by atoms with Crippen LogP contribution in [-0.2, 0) is 0 Å². The van der Waals surface area contributed by atoms with Crippen LogP contribution in [0.25, 0.3) is 11.1 Å². The van der Waals surface area contributed by atoms with E-state index < -0.39 is 0 Å². The number of phenols is 1. The lowest BCUT2D eigenvalue weighted by Crippen LogP contribution is -2.50. The van der Waals surface area contributed by atoms with Gasteiger partial charge in [-0.1, -0.05) is 31.1 Å². The quantitative estimate of drug-likeness (QED) is 0.715. The molecule has 0 atom stereocenters. The smallest absolute Gasteiger partial charge is 0.259 e. The maximum atomic E-state index is 13.3. The van der Waals surface area contributed by atoms with Gasteiger partial charge in [0.05, 0.1) is 22.2 Å². The molecule has 1 aromatic carbocycles. The molecule has 2 aromatic heterocycles. The van der Waals surface area contributed by atoms with E-state index in [1.807, 2.05) is 19.9 Å². The number of aromatic nitrogens is 2. The van der Waals surface area contributed by atoms with Gasteiger partial charge in [-0.2, -0.15) is 0 Å². The maximum Gasteiger partial charge on any atom is 0.259 e. The highest BCUT2D eigenvalue weighted by molar-refractivity contribution is 6.06. The van der Waals surface area contributed by atoms with E-state index in [2.05, 4.69) is 10.1 Å². The predicted molar refractivity (Wildman–Crippen MR) is 111 cm³/mol. The number of fused-ring (bicyclic) bond motifs is 1. The fourth-order valence-electron chi connectivity index (χ4n) is 3.69. The molecule has 1 N–H and O–H groups in total. The number of hydrogen-bond donors (Lipinski definition) is 1. The highest BCUT2D eigenvalue weighted by Crippen LogP contribution is 2.27. The topological polar surface area (TPSA) is 99.8 Å². The number of hydrogen-bond acceptors (Lipinski definition) is 6. The molecule has 4 rings (SSSR count). The normalized spacial score (nSPS) is 14.5. The highest BCUT2D eigenvalue weighted by atomic mass is 16.5. The molecule has 1 saturated heterocycles. The molecule has 3 aromatic rings. The zero-order chi connectivity index (χ0) is 21.4. The number of carbonyl (C=O) groups is 2. The van der Waals surface area contributed by atoms with Gasteiger partial charge in [-0.05, 0) is 31.0 Å². The van der Waals surface area contributed by atoms with E-state index in [1.54, 1.807) is 34.9 Å². The van der Waals surface area contributed by atoms with Crippen LogP contribution in [0.3, 0.4) is 0 Å². The molecule has 8 heteroatoms. The molecule has 1 aliphatic rings. The monoisotopic (exact) mass is 408 g/mol. The summed E-state index contributed by atoms with van der Waals surface area (Å²) in [5, 5.41) is 14.6. The van der Waals surface area contributed by atoms with Crippen LogP contribution < -0.4 is 0 Å². The number of carbonyl (C=O) groups excluding carboxylic acids is 2. The van der Waals surface area contributed by atoms with E-state index in [4.69, 9.17) is 4.52 Å². The third-order valence-corrected chi connectivity index (χ3v) is 5.45. The molecule has 30 heavy (non-hydrogen) atoms. The standard InChI is InChI=1S/C22H24N4O4/c1-13(2)17-12-16(19-14(3)24-30-20(19)23-17)22(29)26-10-8-25(9-11-26)21(28)15-6-4-5-7-18(15)27/h4-7,12-13,27H,8-11H2,1-3H3. The number of nitrogens with zero attached hydrogens (tertiary/aromatic N) is 4. The molecule has 0 spiro atoms. The molecule has 0 unspecified atom stereocenters. The van der Waals surface area contributed by atoms with Crippen LogP contribution in [0.4, 0.5) is 0 Å². The largest absolute Gasteiger partial charge is 0.507 e. The van der Waals surface area contributed by atoms with Gasteiger partial charge in [0, 0.05) is 31.9 Å². The van der Waals surface area contributed by atoms with Crippen LogP contribution in [-0.4, -0.2) is 63.0 Å². The third-order valence-electron chi connectivity index (χ3n) is 5.45. The third kappa shape index (κ3) is 3.49. The molecule has 2 amide bonds. The fraction of sp³-hybridized carbons (Fsp3) is 0.364. The van der Waals surface area contributed by atoms with Gasteiger partial charge in [0.25, 0.3) is 17.5 Å². The number of para-hydroxylation sites is 1. The van der Waals surface area contributed by atoms with Crippen LogP contribution in [0.2, 0.25) is 0 Å². The number of aryl methyl sites for hydroxylation is 1. The van der Waals surface area contributed by atoms with Crippen molar-refractivity contribution in [3.8, 4) is 5.75 Å². The Morgan fingerprint density at radius 2 is 1.63 bits per heavy atom. The van der Waals surface area contributed by atoms with Gasteiger partial charge in [0.15, 0.2) is 0 Å². The van der Waals surface area contributed by atoms with Crippen molar-refractivity contribution in [2.75, 3.05) is 26.2 Å². The first-order valence-electron chi connectivity index (χ1n) is 10.00. The van der Waals surface area contributed by atoms with Gasteiger partial charge < -0.3 is 19.4 Å². The van der Waals surface area contributed by atoms with Crippen molar-refractivity contribution in [2.24, 2.45) is 0 Å². The lowest BCUT2D eigenvalue weighted by atomic mass is 10.0. The minimum atomic E-state index is -0.233. The summed E-state index contributed by atoms with van der Waals surface area (Å²) in [7, 11) is 0. The van der Waals surface area contributed by atoms with Crippen molar-refractivity contribution in [1.29, 1.82) is 0 Å². The Hall–Kier alpha value is -3.42. The molecule has 156 valence electrons. The molecule has 1 aliphatic heterocycles. The summed E-state index contributed by atoms with van der Waals surface area (Å²) < 4.78 is 5.32. The Labute approximate surface area is 174 Å². The molecule has 0 bridgehead atoms. The predicted octanol–water partition coefficient (Wildman–Crippen LogP) is 2.96. The van der Waals surface area contributed by atoms with Gasteiger partial charge in [0.1, 0.15) is 5.75 Å². The van der Waals surface area contributed by atoms with E-state index >= 15 is 0 Å². The molecule has 0 saturated carbocycles. The number of aromatic hydroxyl groups is 1. The van der Waals surface area contributed by atoms with Gasteiger partial charge in [-0.15, -0.1) is 0 Å². The minimum Gasteiger partial charge on any atom is -0.507 e. The lowest BCUT2D eigenvalue weighted by Gasteiger charge is -2.35. The summed E-state index contributed by atoms with van der Waals surface area (Å²) >= 11 is 0. The summed E-state index contributed by atoms with van der Waals surface area (Å²) in [6.45, 7) is 7.42. The summed E-state index contributed by atoms with van der Waals surface area (Å²) in [5.41, 5.74) is 2.58. The molecule has 8 nitrogen and oxygen atoms in total. The second kappa shape index (κ2) is 7.78. The van der Waals surface area contributed by atoms with E-state index in [0.29, 0.717) is 48.5 Å². The Morgan fingerprint density at radius 3 is 2.23 bits per heavy atom. The van der Waals surface area contributed by atoms with Crippen LogP contribution in [0.1, 0.15) is 51.9 Å². The van der Waals surface area contributed by atoms with Crippen LogP contribution in [0.15, 0.2) is 34.9 Å². The van der Waals surface area contributed by atoms with E-state index in [-0.39, 0.29) is 29.0 Å². The summed E-state index contributed by atoms with van der Waals surface area (Å²) in [5.74, 6) is -0.252. The number of benzene rings is 1. The number of amides is 2. The van der Waals surface area contributed by atoms with Gasteiger partial charge in [-0.3, -0.25) is 9.59 Å². The average Bonchev–Trinajstić information content (AvgIpc) is 3.13. The van der Waals surface area contributed by atoms with Crippen molar-refractivity contribution >= 4 is 22.9 Å². The van der Waals surface area contributed by atoms with E-state index in [1.165, 1.54) is 6.07 Å². The Balaban J connectivity index is 1.54. The number of piperazine rings is 1. The SMILES string of the molecule is Cc1noc2nc(C(C)C)cc(C(=O)N3CCN(C(=O)c4ccccc4O)CC3)c12. The minimum absolute atomic E-state index is 0.0377. The number of rotatable bonds is 3. The summed E-state index contributed by atoms with van der Waals surface area (Å²) in [6, 6.07) is 8.31. The van der Waals surface area contributed by atoms with Crippen LogP contribution >= 0.6 is 0 Å². The molecule has 1 fully saturated rings. The molecular formula is C22H24N4O4.